The van der Waals surface area contributed by atoms with Crippen LogP contribution in [0.1, 0.15) is 32.4 Å². The van der Waals surface area contributed by atoms with Crippen LogP contribution in [-0.2, 0) is 10.4 Å². The first kappa shape index (κ1) is 20.9. The van der Waals surface area contributed by atoms with Crippen molar-refractivity contribution >= 4 is 16.7 Å². The van der Waals surface area contributed by atoms with Gasteiger partial charge in [0, 0.05) is 10.9 Å². The topological polar surface area (TPSA) is 112 Å². The molecule has 0 bridgehead atoms. The second-order valence-corrected chi connectivity index (χ2v) is 8.37. The Morgan fingerprint density at radius 2 is 1.84 bits per heavy atom. The Kier molecular flexibility index (Phi) is 5.45. The third-order valence-corrected chi connectivity index (χ3v) is 5.17. The van der Waals surface area contributed by atoms with Crippen molar-refractivity contribution in [1.29, 1.82) is 0 Å². The fraction of sp³-hybridized carbons (Fsp3) is 0.333. The summed E-state index contributed by atoms with van der Waals surface area (Å²) >= 11 is 0. The average molecular weight is 423 g/mol. The lowest BCUT2D eigenvalue weighted by Gasteiger charge is -2.22. The van der Waals surface area contributed by atoms with Gasteiger partial charge in [-0.3, -0.25) is 4.79 Å². The summed E-state index contributed by atoms with van der Waals surface area (Å²) in [7, 11) is 0. The summed E-state index contributed by atoms with van der Waals surface area (Å²) in [4.78, 5) is 23.8. The van der Waals surface area contributed by atoms with E-state index in [1.807, 2.05) is 12.1 Å². The van der Waals surface area contributed by atoms with Crippen molar-refractivity contribution in [3.05, 3.63) is 58.6 Å². The molecule has 1 aromatic heterocycles. The smallest absolute Gasteiger partial charge is 0.343 e. The van der Waals surface area contributed by atoms with Crippen LogP contribution in [0.25, 0.3) is 21.9 Å². The minimum absolute atomic E-state index is 0.142. The third kappa shape index (κ3) is 4.56. The number of fused-ring (bicyclic) bond motifs is 1. The zero-order chi connectivity index (χ0) is 22.2. The first-order valence-electron chi connectivity index (χ1n) is 10.2. The Labute approximate surface area is 179 Å². The lowest BCUT2D eigenvalue weighted by molar-refractivity contribution is -0.119. The van der Waals surface area contributed by atoms with Crippen molar-refractivity contribution in [1.82, 2.24) is 0 Å². The van der Waals surface area contributed by atoms with Gasteiger partial charge in [-0.05, 0) is 56.4 Å². The van der Waals surface area contributed by atoms with Gasteiger partial charge in [0.25, 0.3) is 5.91 Å². The third-order valence-electron chi connectivity index (χ3n) is 5.17. The molecule has 7 nitrogen and oxygen atoms in total. The van der Waals surface area contributed by atoms with Crippen LogP contribution in [0.2, 0.25) is 0 Å². The lowest BCUT2D eigenvalue weighted by atomic mass is 9.92. The van der Waals surface area contributed by atoms with E-state index in [0.717, 1.165) is 12.8 Å². The Hall–Kier alpha value is -3.32. The standard InChI is InChI=1S/C24H25NO6/c1-24(2,28)22-21(16-5-3-4-6-17(16)23(27)31-22)15-9-10-18(29-12-14-7-8-14)19(11-15)30-13-20(25)26/h3-6,9-11,14,28H,7-8,12-13H2,1-2H3,(H2,25,26). The minimum Gasteiger partial charge on any atom is -0.489 e. The zero-order valence-corrected chi connectivity index (χ0v) is 17.5. The molecule has 1 aliphatic rings. The van der Waals surface area contributed by atoms with Crippen molar-refractivity contribution < 1.29 is 23.8 Å². The molecule has 0 unspecified atom stereocenters. The second kappa shape index (κ2) is 8.07. The summed E-state index contributed by atoms with van der Waals surface area (Å²) in [6, 6.07) is 12.3. The van der Waals surface area contributed by atoms with Crippen LogP contribution in [0.3, 0.4) is 0 Å². The molecule has 1 aliphatic carbocycles. The number of carbonyl (C=O) groups excluding carboxylic acids is 1. The largest absolute Gasteiger partial charge is 0.489 e. The summed E-state index contributed by atoms with van der Waals surface area (Å²) in [5, 5.41) is 11.8. The van der Waals surface area contributed by atoms with E-state index in [1.54, 1.807) is 44.2 Å². The normalized spacial score (nSPS) is 13.9. The summed E-state index contributed by atoms with van der Waals surface area (Å²) in [5.74, 6) is 0.936. The Balaban J connectivity index is 1.88. The van der Waals surface area contributed by atoms with Gasteiger partial charge in [0.05, 0.1) is 12.0 Å². The molecule has 162 valence electrons. The molecule has 1 amide bonds. The molecule has 3 aromatic rings. The van der Waals surface area contributed by atoms with Crippen LogP contribution in [0.15, 0.2) is 51.7 Å². The molecule has 0 radical (unpaired) electrons. The average Bonchev–Trinajstić information content (AvgIpc) is 3.55. The van der Waals surface area contributed by atoms with Gasteiger partial charge in [0.1, 0.15) is 11.4 Å². The van der Waals surface area contributed by atoms with Gasteiger partial charge < -0.3 is 24.7 Å². The van der Waals surface area contributed by atoms with E-state index < -0.39 is 17.1 Å². The summed E-state index contributed by atoms with van der Waals surface area (Å²) < 4.78 is 17.1. The fourth-order valence-corrected chi connectivity index (χ4v) is 3.45. The highest BCUT2D eigenvalue weighted by molar-refractivity contribution is 5.97. The molecule has 1 saturated carbocycles. The van der Waals surface area contributed by atoms with Gasteiger partial charge >= 0.3 is 5.63 Å². The molecular formula is C24H25NO6. The van der Waals surface area contributed by atoms with Gasteiger partial charge in [-0.2, -0.15) is 0 Å². The fourth-order valence-electron chi connectivity index (χ4n) is 3.45. The molecule has 0 atom stereocenters. The Morgan fingerprint density at radius 1 is 1.13 bits per heavy atom. The molecule has 0 saturated heterocycles. The number of primary amides is 1. The number of benzene rings is 2. The van der Waals surface area contributed by atoms with Crippen LogP contribution in [0.4, 0.5) is 0 Å². The van der Waals surface area contributed by atoms with E-state index in [4.69, 9.17) is 19.6 Å². The Morgan fingerprint density at radius 3 is 2.48 bits per heavy atom. The van der Waals surface area contributed by atoms with E-state index in [9.17, 15) is 14.7 Å². The van der Waals surface area contributed by atoms with E-state index in [1.165, 1.54) is 0 Å². The van der Waals surface area contributed by atoms with E-state index in [0.29, 0.717) is 45.9 Å². The van der Waals surface area contributed by atoms with Gasteiger partial charge in [-0.25, -0.2) is 4.79 Å². The second-order valence-electron chi connectivity index (χ2n) is 8.37. The van der Waals surface area contributed by atoms with Crippen LogP contribution in [0, 0.1) is 5.92 Å². The van der Waals surface area contributed by atoms with Crippen molar-refractivity contribution in [2.75, 3.05) is 13.2 Å². The van der Waals surface area contributed by atoms with Gasteiger partial charge in [0.2, 0.25) is 0 Å². The number of aliphatic hydroxyl groups is 1. The first-order chi connectivity index (χ1) is 14.7. The molecule has 0 aliphatic heterocycles. The van der Waals surface area contributed by atoms with E-state index in [2.05, 4.69) is 0 Å². The predicted molar refractivity (Wildman–Crippen MR) is 116 cm³/mol. The van der Waals surface area contributed by atoms with E-state index >= 15 is 0 Å². The monoisotopic (exact) mass is 423 g/mol. The maximum Gasteiger partial charge on any atom is 0.343 e. The van der Waals surface area contributed by atoms with Crippen LogP contribution >= 0.6 is 0 Å². The van der Waals surface area contributed by atoms with Gasteiger partial charge in [-0.1, -0.05) is 24.3 Å². The van der Waals surface area contributed by atoms with Crippen LogP contribution in [-0.4, -0.2) is 24.2 Å². The molecular weight excluding hydrogens is 398 g/mol. The molecule has 4 rings (SSSR count). The lowest BCUT2D eigenvalue weighted by Crippen LogP contribution is -2.21. The highest BCUT2D eigenvalue weighted by Gasteiger charge is 2.28. The molecule has 3 N–H and O–H groups in total. The first-order valence-corrected chi connectivity index (χ1v) is 10.2. The minimum atomic E-state index is -1.41. The highest BCUT2D eigenvalue weighted by atomic mass is 16.5. The number of hydrogen-bond acceptors (Lipinski definition) is 6. The van der Waals surface area contributed by atoms with E-state index in [-0.39, 0.29) is 12.4 Å². The van der Waals surface area contributed by atoms with Crippen molar-refractivity contribution in [3.63, 3.8) is 0 Å². The van der Waals surface area contributed by atoms with Crippen molar-refractivity contribution in [2.45, 2.75) is 32.3 Å². The summed E-state index contributed by atoms with van der Waals surface area (Å²) in [5.41, 5.74) is 4.54. The van der Waals surface area contributed by atoms with Crippen LogP contribution in [0.5, 0.6) is 11.5 Å². The maximum absolute atomic E-state index is 12.5. The van der Waals surface area contributed by atoms with Crippen LogP contribution < -0.4 is 20.8 Å². The maximum atomic E-state index is 12.5. The zero-order valence-electron chi connectivity index (χ0n) is 17.5. The molecule has 0 spiro atoms. The molecule has 2 aromatic carbocycles. The number of ether oxygens (including phenoxy) is 2. The number of carbonyl (C=O) groups is 1. The number of rotatable bonds is 8. The SMILES string of the molecule is CC(C)(O)c1oc(=O)c2ccccc2c1-c1ccc(OCC2CC2)c(OCC(N)=O)c1. The number of hydrogen-bond donors (Lipinski definition) is 2. The molecule has 7 heteroatoms. The molecule has 1 heterocycles. The number of nitrogens with two attached hydrogens (primary N) is 1. The molecule has 1 fully saturated rings. The van der Waals surface area contributed by atoms with Gasteiger partial charge in [-0.15, -0.1) is 0 Å². The van der Waals surface area contributed by atoms with Crippen molar-refractivity contribution in [3.8, 4) is 22.6 Å². The van der Waals surface area contributed by atoms with Crippen molar-refractivity contribution in [2.24, 2.45) is 11.7 Å². The van der Waals surface area contributed by atoms with Gasteiger partial charge in [0.15, 0.2) is 18.1 Å². The summed E-state index contributed by atoms with van der Waals surface area (Å²) in [6.07, 6.45) is 2.28. The predicted octanol–water partition coefficient (Wildman–Crippen LogP) is 3.34. The number of amides is 1. The summed E-state index contributed by atoms with van der Waals surface area (Å²) in [6.45, 7) is 3.39. The Bertz CT molecular complexity index is 1190. The highest BCUT2D eigenvalue weighted by Crippen LogP contribution is 2.40. The molecule has 31 heavy (non-hydrogen) atoms. The quantitative estimate of drug-likeness (QED) is 0.575.